The van der Waals surface area contributed by atoms with Gasteiger partial charge in [0.1, 0.15) is 18.8 Å². The van der Waals surface area contributed by atoms with Gasteiger partial charge in [-0.1, -0.05) is 41.9 Å². The summed E-state index contributed by atoms with van der Waals surface area (Å²) in [5.74, 6) is 1.04. The number of nitrogens with one attached hydrogen (secondary N) is 2. The van der Waals surface area contributed by atoms with Crippen LogP contribution in [0.4, 0.5) is 5.69 Å². The predicted molar refractivity (Wildman–Crippen MR) is 133 cm³/mol. The van der Waals surface area contributed by atoms with E-state index in [0.29, 0.717) is 54.0 Å². The molecule has 2 heterocycles. The third kappa shape index (κ3) is 5.41. The number of furan rings is 1. The van der Waals surface area contributed by atoms with Crippen LogP contribution in [0, 0.1) is 0 Å². The number of para-hydroxylation sites is 1. The average Bonchev–Trinajstić information content (AvgIpc) is 3.30. The topological polar surface area (TPSA) is 89.8 Å². The molecule has 0 saturated heterocycles. The molecule has 0 unspecified atom stereocenters. The Morgan fingerprint density at radius 3 is 2.54 bits per heavy atom. The summed E-state index contributed by atoms with van der Waals surface area (Å²) in [7, 11) is 0. The van der Waals surface area contributed by atoms with Gasteiger partial charge in [-0.3, -0.25) is 9.59 Å². The normalized spacial score (nSPS) is 12.4. The number of hydrogen-bond donors (Lipinski definition) is 2. The SMILES string of the molecule is O=C(Cc1ccc(NC(=O)c2cc3ccccc3o2)cc1)NCCc1cc(Cl)c2c(c1)OCCO2. The van der Waals surface area contributed by atoms with Crippen LogP contribution >= 0.6 is 11.6 Å². The number of carbonyl (C=O) groups excluding carboxylic acids is 2. The van der Waals surface area contributed by atoms with Gasteiger partial charge in [0.15, 0.2) is 17.3 Å². The molecule has 4 aromatic rings. The van der Waals surface area contributed by atoms with Crippen LogP contribution in [0.1, 0.15) is 21.7 Å². The van der Waals surface area contributed by atoms with E-state index in [0.717, 1.165) is 16.5 Å². The van der Waals surface area contributed by atoms with Crippen LogP contribution in [-0.4, -0.2) is 31.6 Å². The fourth-order valence-corrected chi connectivity index (χ4v) is 4.18. The average molecular weight is 491 g/mol. The maximum absolute atomic E-state index is 12.5. The number of halogens is 1. The summed E-state index contributed by atoms with van der Waals surface area (Å²) in [6.07, 6.45) is 0.856. The quantitative estimate of drug-likeness (QED) is 0.380. The second-order valence-electron chi connectivity index (χ2n) is 8.18. The summed E-state index contributed by atoms with van der Waals surface area (Å²) in [5.41, 5.74) is 3.09. The number of carbonyl (C=O) groups is 2. The minimum atomic E-state index is -0.328. The van der Waals surface area contributed by atoms with E-state index >= 15 is 0 Å². The molecule has 0 radical (unpaired) electrons. The number of benzene rings is 3. The number of anilines is 1. The molecule has 178 valence electrons. The number of ether oxygens (including phenoxy) is 2. The third-order valence-corrected chi connectivity index (χ3v) is 5.90. The molecule has 2 N–H and O–H groups in total. The number of hydrogen-bond acceptors (Lipinski definition) is 5. The van der Waals surface area contributed by atoms with E-state index in [1.165, 1.54) is 0 Å². The van der Waals surface area contributed by atoms with Gasteiger partial charge in [-0.25, -0.2) is 0 Å². The van der Waals surface area contributed by atoms with Gasteiger partial charge in [0.25, 0.3) is 5.91 Å². The third-order valence-electron chi connectivity index (χ3n) is 5.62. The maximum Gasteiger partial charge on any atom is 0.291 e. The van der Waals surface area contributed by atoms with Gasteiger partial charge in [-0.05, 0) is 53.9 Å². The zero-order valence-electron chi connectivity index (χ0n) is 18.8. The molecule has 0 fully saturated rings. The smallest absolute Gasteiger partial charge is 0.291 e. The molecule has 0 atom stereocenters. The Kier molecular flexibility index (Phi) is 6.59. The van der Waals surface area contributed by atoms with Gasteiger partial charge in [-0.2, -0.15) is 0 Å². The Morgan fingerprint density at radius 2 is 1.71 bits per heavy atom. The van der Waals surface area contributed by atoms with Crippen molar-refractivity contribution in [1.82, 2.24) is 5.32 Å². The Labute approximate surface area is 207 Å². The molecule has 35 heavy (non-hydrogen) atoms. The van der Waals surface area contributed by atoms with Crippen LogP contribution in [0.15, 0.2) is 71.1 Å². The van der Waals surface area contributed by atoms with Crippen molar-refractivity contribution >= 4 is 40.1 Å². The Bertz CT molecular complexity index is 1350. The van der Waals surface area contributed by atoms with Gasteiger partial charge in [0.2, 0.25) is 5.91 Å². The molecule has 0 bridgehead atoms. The van der Waals surface area contributed by atoms with E-state index in [-0.39, 0.29) is 24.0 Å². The Morgan fingerprint density at radius 1 is 0.914 bits per heavy atom. The molecule has 8 heteroatoms. The first-order valence-electron chi connectivity index (χ1n) is 11.3. The van der Waals surface area contributed by atoms with Crippen molar-refractivity contribution in [2.45, 2.75) is 12.8 Å². The van der Waals surface area contributed by atoms with Gasteiger partial charge in [0.05, 0.1) is 11.4 Å². The molecular formula is C27H23ClN2O5. The molecule has 2 amide bonds. The number of rotatable bonds is 7. The summed E-state index contributed by atoms with van der Waals surface area (Å²) in [5, 5.41) is 7.12. The van der Waals surface area contributed by atoms with Gasteiger partial charge >= 0.3 is 0 Å². The fraction of sp³-hybridized carbons (Fsp3) is 0.185. The summed E-state index contributed by atoms with van der Waals surface area (Å²) in [4.78, 5) is 24.9. The summed E-state index contributed by atoms with van der Waals surface area (Å²) >= 11 is 6.27. The summed E-state index contributed by atoms with van der Waals surface area (Å²) in [6.45, 7) is 1.45. The van der Waals surface area contributed by atoms with E-state index < -0.39 is 0 Å². The van der Waals surface area contributed by atoms with E-state index in [4.69, 9.17) is 25.5 Å². The largest absolute Gasteiger partial charge is 0.486 e. The van der Waals surface area contributed by atoms with Crippen molar-refractivity contribution in [3.63, 3.8) is 0 Å². The molecule has 1 aliphatic rings. The molecule has 5 rings (SSSR count). The first kappa shape index (κ1) is 22.8. The molecule has 0 saturated carbocycles. The highest BCUT2D eigenvalue weighted by Gasteiger charge is 2.17. The summed E-state index contributed by atoms with van der Waals surface area (Å²) in [6, 6.07) is 20.0. The zero-order valence-corrected chi connectivity index (χ0v) is 19.6. The molecular weight excluding hydrogens is 468 g/mol. The molecule has 0 spiro atoms. The lowest BCUT2D eigenvalue weighted by molar-refractivity contribution is -0.120. The standard InChI is InChI=1S/C27H23ClN2O5/c28-21-13-18(14-23-26(21)34-12-11-33-23)9-10-29-25(31)15-17-5-7-20(8-6-17)30-27(32)24-16-19-3-1-2-4-22(19)35-24/h1-8,13-14,16H,9-12,15H2,(H,29,31)(H,30,32). The van der Waals surface area contributed by atoms with Crippen LogP contribution in [0.5, 0.6) is 11.5 Å². The van der Waals surface area contributed by atoms with Crippen molar-refractivity contribution in [3.05, 3.63) is 88.6 Å². The second-order valence-corrected chi connectivity index (χ2v) is 8.59. The van der Waals surface area contributed by atoms with E-state index in [1.54, 1.807) is 18.2 Å². The van der Waals surface area contributed by atoms with Crippen LogP contribution < -0.4 is 20.1 Å². The lowest BCUT2D eigenvalue weighted by Crippen LogP contribution is -2.27. The van der Waals surface area contributed by atoms with Gasteiger partial charge in [0, 0.05) is 17.6 Å². The fourth-order valence-electron chi connectivity index (χ4n) is 3.90. The highest BCUT2D eigenvalue weighted by atomic mass is 35.5. The van der Waals surface area contributed by atoms with Crippen LogP contribution in [0.25, 0.3) is 11.0 Å². The first-order chi connectivity index (χ1) is 17.0. The van der Waals surface area contributed by atoms with Crippen LogP contribution in [-0.2, 0) is 17.6 Å². The summed E-state index contributed by atoms with van der Waals surface area (Å²) < 4.78 is 16.7. The van der Waals surface area contributed by atoms with E-state index in [2.05, 4.69) is 10.6 Å². The van der Waals surface area contributed by atoms with Crippen molar-refractivity contribution in [2.75, 3.05) is 25.1 Å². The second kappa shape index (κ2) is 10.1. The number of amides is 2. The predicted octanol–water partition coefficient (Wildman–Crippen LogP) is 5.01. The van der Waals surface area contributed by atoms with Crippen molar-refractivity contribution in [3.8, 4) is 11.5 Å². The van der Waals surface area contributed by atoms with Gasteiger partial charge < -0.3 is 24.5 Å². The van der Waals surface area contributed by atoms with Gasteiger partial charge in [-0.15, -0.1) is 0 Å². The van der Waals surface area contributed by atoms with Crippen molar-refractivity contribution in [2.24, 2.45) is 0 Å². The van der Waals surface area contributed by atoms with Crippen LogP contribution in [0.3, 0.4) is 0 Å². The molecule has 3 aromatic carbocycles. The van der Waals surface area contributed by atoms with E-state index in [1.807, 2.05) is 48.5 Å². The van der Waals surface area contributed by atoms with Crippen molar-refractivity contribution < 1.29 is 23.5 Å². The lowest BCUT2D eigenvalue weighted by atomic mass is 10.1. The Balaban J connectivity index is 1.11. The lowest BCUT2D eigenvalue weighted by Gasteiger charge is -2.20. The zero-order chi connectivity index (χ0) is 24.2. The molecule has 1 aromatic heterocycles. The Hall–Kier alpha value is -3.97. The maximum atomic E-state index is 12.5. The molecule has 1 aliphatic heterocycles. The monoisotopic (exact) mass is 490 g/mol. The highest BCUT2D eigenvalue weighted by Crippen LogP contribution is 2.38. The minimum absolute atomic E-state index is 0.0901. The van der Waals surface area contributed by atoms with Crippen molar-refractivity contribution in [1.29, 1.82) is 0 Å². The number of fused-ring (bicyclic) bond motifs is 2. The van der Waals surface area contributed by atoms with E-state index in [9.17, 15) is 9.59 Å². The molecule has 0 aliphatic carbocycles. The minimum Gasteiger partial charge on any atom is -0.486 e. The molecule has 7 nitrogen and oxygen atoms in total. The highest BCUT2D eigenvalue weighted by molar-refractivity contribution is 6.32. The first-order valence-corrected chi connectivity index (χ1v) is 11.7. The van der Waals surface area contributed by atoms with Crippen LogP contribution in [0.2, 0.25) is 5.02 Å².